The first kappa shape index (κ1) is 20.6. The van der Waals surface area contributed by atoms with Crippen molar-refractivity contribution >= 4 is 11.8 Å². The molecule has 2 heterocycles. The highest BCUT2D eigenvalue weighted by molar-refractivity contribution is 5.95. The highest BCUT2D eigenvalue weighted by Crippen LogP contribution is 2.37. The number of carbonyl (C=O) groups is 1. The van der Waals surface area contributed by atoms with E-state index >= 15 is 0 Å². The Morgan fingerprint density at radius 3 is 2.47 bits per heavy atom. The van der Waals surface area contributed by atoms with Crippen LogP contribution in [0.5, 0.6) is 5.75 Å². The van der Waals surface area contributed by atoms with Gasteiger partial charge in [-0.25, -0.2) is 0 Å². The normalized spacial score (nSPS) is 16.1. The molecule has 1 aromatic heterocycles. The van der Waals surface area contributed by atoms with Gasteiger partial charge in [0, 0.05) is 30.3 Å². The Bertz CT molecular complexity index is 1050. The standard InChI is InChI=1S/C25H27N3O4/c1-30-21-11-7-19(8-12-21)24(29)28(20-9-10-20)17-22-23(18-5-3-2-4-6-18)26-32-25(22)27-13-15-31-16-14-27/h2-8,11-12,20H,9-10,13-17H2,1H3. The number of methoxy groups -OCH3 is 1. The van der Waals surface area contributed by atoms with Gasteiger partial charge in [0.15, 0.2) is 0 Å². The molecule has 0 spiro atoms. The number of hydrogen-bond donors (Lipinski definition) is 0. The van der Waals surface area contributed by atoms with Crippen LogP contribution in [0.4, 0.5) is 5.88 Å². The lowest BCUT2D eigenvalue weighted by Crippen LogP contribution is -2.37. The van der Waals surface area contributed by atoms with Gasteiger partial charge in [0.1, 0.15) is 11.4 Å². The second kappa shape index (κ2) is 9.04. The Morgan fingerprint density at radius 1 is 1.09 bits per heavy atom. The van der Waals surface area contributed by atoms with Crippen molar-refractivity contribution in [3.8, 4) is 17.0 Å². The summed E-state index contributed by atoms with van der Waals surface area (Å²) in [5, 5.41) is 4.44. The lowest BCUT2D eigenvalue weighted by molar-refractivity contribution is 0.0729. The van der Waals surface area contributed by atoms with E-state index in [0.717, 1.165) is 54.4 Å². The SMILES string of the molecule is COc1ccc(C(=O)N(Cc2c(-c3ccccc3)noc2N2CCOCC2)C2CC2)cc1. The van der Waals surface area contributed by atoms with Crippen molar-refractivity contribution in [2.75, 3.05) is 38.3 Å². The van der Waals surface area contributed by atoms with E-state index < -0.39 is 0 Å². The van der Waals surface area contributed by atoms with Gasteiger partial charge in [0.25, 0.3) is 5.91 Å². The fourth-order valence-electron chi connectivity index (χ4n) is 4.10. The number of benzene rings is 2. The van der Waals surface area contributed by atoms with Crippen molar-refractivity contribution in [1.82, 2.24) is 10.1 Å². The van der Waals surface area contributed by atoms with Gasteiger partial charge in [-0.1, -0.05) is 35.5 Å². The maximum absolute atomic E-state index is 13.5. The van der Waals surface area contributed by atoms with Crippen molar-refractivity contribution < 1.29 is 18.8 Å². The van der Waals surface area contributed by atoms with E-state index in [2.05, 4.69) is 10.1 Å². The smallest absolute Gasteiger partial charge is 0.254 e. The predicted molar refractivity (Wildman–Crippen MR) is 121 cm³/mol. The fourth-order valence-corrected chi connectivity index (χ4v) is 4.10. The third-order valence-corrected chi connectivity index (χ3v) is 6.03. The molecule has 0 atom stereocenters. The van der Waals surface area contributed by atoms with Crippen LogP contribution in [-0.2, 0) is 11.3 Å². The molecule has 0 bridgehead atoms. The van der Waals surface area contributed by atoms with Crippen LogP contribution < -0.4 is 9.64 Å². The second-order valence-electron chi connectivity index (χ2n) is 8.17. The Kier molecular flexibility index (Phi) is 5.81. The quantitative estimate of drug-likeness (QED) is 0.561. The van der Waals surface area contributed by atoms with E-state index in [-0.39, 0.29) is 11.9 Å². The van der Waals surface area contributed by atoms with E-state index in [1.165, 1.54) is 0 Å². The maximum atomic E-state index is 13.5. The van der Waals surface area contributed by atoms with E-state index in [0.29, 0.717) is 25.3 Å². The monoisotopic (exact) mass is 433 g/mol. The Morgan fingerprint density at radius 2 is 1.81 bits per heavy atom. The second-order valence-corrected chi connectivity index (χ2v) is 8.17. The van der Waals surface area contributed by atoms with Gasteiger partial charge in [0.2, 0.25) is 5.88 Å². The molecule has 5 rings (SSSR count). The average Bonchev–Trinajstić information content (AvgIpc) is 3.62. The number of morpholine rings is 1. The van der Waals surface area contributed by atoms with Crippen LogP contribution in [0.3, 0.4) is 0 Å². The van der Waals surface area contributed by atoms with Gasteiger partial charge >= 0.3 is 0 Å². The Labute approximate surface area is 187 Å². The van der Waals surface area contributed by atoms with Crippen molar-refractivity contribution in [2.45, 2.75) is 25.4 Å². The lowest BCUT2D eigenvalue weighted by Gasteiger charge is -2.28. The first-order valence-corrected chi connectivity index (χ1v) is 11.1. The van der Waals surface area contributed by atoms with Crippen molar-refractivity contribution in [1.29, 1.82) is 0 Å². The van der Waals surface area contributed by atoms with Crippen LogP contribution in [0.15, 0.2) is 59.1 Å². The topological polar surface area (TPSA) is 68.0 Å². The minimum absolute atomic E-state index is 0.0169. The Balaban J connectivity index is 1.49. The van der Waals surface area contributed by atoms with Gasteiger partial charge in [-0.3, -0.25) is 4.79 Å². The molecule has 32 heavy (non-hydrogen) atoms. The molecule has 1 aliphatic carbocycles. The molecule has 166 valence electrons. The van der Waals surface area contributed by atoms with Gasteiger partial charge in [-0.2, -0.15) is 0 Å². The molecular formula is C25H27N3O4. The molecule has 0 N–H and O–H groups in total. The third kappa shape index (κ3) is 4.21. The highest BCUT2D eigenvalue weighted by Gasteiger charge is 2.36. The first-order valence-electron chi connectivity index (χ1n) is 11.1. The number of rotatable bonds is 7. The van der Waals surface area contributed by atoms with Crippen LogP contribution in [-0.4, -0.2) is 55.4 Å². The molecule has 2 aliphatic rings. The van der Waals surface area contributed by atoms with E-state index in [1.807, 2.05) is 59.5 Å². The summed E-state index contributed by atoms with van der Waals surface area (Å²) in [5.41, 5.74) is 3.38. The molecule has 0 unspecified atom stereocenters. The van der Waals surface area contributed by atoms with E-state index in [9.17, 15) is 4.79 Å². The van der Waals surface area contributed by atoms with Crippen molar-refractivity contribution in [3.05, 3.63) is 65.7 Å². The van der Waals surface area contributed by atoms with Crippen LogP contribution in [0, 0.1) is 0 Å². The molecule has 7 heteroatoms. The summed E-state index contributed by atoms with van der Waals surface area (Å²) in [6.45, 7) is 3.24. The molecule has 1 amide bonds. The van der Waals surface area contributed by atoms with Crippen LogP contribution in [0.1, 0.15) is 28.8 Å². The molecule has 2 fully saturated rings. The summed E-state index contributed by atoms with van der Waals surface area (Å²) < 4.78 is 16.6. The number of hydrogen-bond acceptors (Lipinski definition) is 6. The summed E-state index contributed by atoms with van der Waals surface area (Å²) in [5.74, 6) is 1.49. The Hall–Kier alpha value is -3.32. The van der Waals surface area contributed by atoms with Gasteiger partial charge < -0.3 is 23.8 Å². The number of carbonyl (C=O) groups excluding carboxylic acids is 1. The molecule has 2 aromatic carbocycles. The van der Waals surface area contributed by atoms with Gasteiger partial charge in [0.05, 0.1) is 32.4 Å². The van der Waals surface area contributed by atoms with Crippen molar-refractivity contribution in [3.63, 3.8) is 0 Å². The lowest BCUT2D eigenvalue weighted by atomic mass is 10.1. The number of amides is 1. The van der Waals surface area contributed by atoms with Gasteiger partial charge in [-0.15, -0.1) is 0 Å². The summed E-state index contributed by atoms with van der Waals surface area (Å²) in [6.07, 6.45) is 2.03. The average molecular weight is 434 g/mol. The van der Waals surface area contributed by atoms with Crippen LogP contribution in [0.25, 0.3) is 11.3 Å². The summed E-state index contributed by atoms with van der Waals surface area (Å²) in [6, 6.07) is 17.5. The number of aromatic nitrogens is 1. The zero-order chi connectivity index (χ0) is 21.9. The molecule has 1 aliphatic heterocycles. The number of ether oxygens (including phenoxy) is 2. The zero-order valence-corrected chi connectivity index (χ0v) is 18.2. The largest absolute Gasteiger partial charge is 0.497 e. The van der Waals surface area contributed by atoms with E-state index in [4.69, 9.17) is 14.0 Å². The zero-order valence-electron chi connectivity index (χ0n) is 18.2. The summed E-state index contributed by atoms with van der Waals surface area (Å²) in [7, 11) is 1.62. The minimum atomic E-state index is 0.0169. The molecule has 3 aromatic rings. The minimum Gasteiger partial charge on any atom is -0.497 e. The van der Waals surface area contributed by atoms with E-state index in [1.54, 1.807) is 7.11 Å². The van der Waals surface area contributed by atoms with Crippen LogP contribution in [0.2, 0.25) is 0 Å². The molecular weight excluding hydrogens is 406 g/mol. The molecule has 1 saturated heterocycles. The van der Waals surface area contributed by atoms with Crippen LogP contribution >= 0.6 is 0 Å². The first-order chi connectivity index (χ1) is 15.7. The number of anilines is 1. The van der Waals surface area contributed by atoms with Gasteiger partial charge in [-0.05, 0) is 37.1 Å². The molecule has 1 saturated carbocycles. The highest BCUT2D eigenvalue weighted by atomic mass is 16.5. The maximum Gasteiger partial charge on any atom is 0.254 e. The fraction of sp³-hybridized carbons (Fsp3) is 0.360. The third-order valence-electron chi connectivity index (χ3n) is 6.03. The summed E-state index contributed by atoms with van der Waals surface area (Å²) >= 11 is 0. The molecule has 0 radical (unpaired) electrons. The predicted octanol–water partition coefficient (Wildman–Crippen LogP) is 3.99. The number of nitrogens with zero attached hydrogens (tertiary/aromatic N) is 3. The molecule has 7 nitrogen and oxygen atoms in total. The van der Waals surface area contributed by atoms with Crippen molar-refractivity contribution in [2.24, 2.45) is 0 Å². The summed E-state index contributed by atoms with van der Waals surface area (Å²) in [4.78, 5) is 17.6.